The largest absolute Gasteiger partial charge is 0.368 e. The van der Waals surface area contributed by atoms with E-state index in [1.165, 1.54) is 18.0 Å². The smallest absolute Gasteiger partial charge is 0.221 e. The lowest BCUT2D eigenvalue weighted by atomic mass is 10.5. The van der Waals surface area contributed by atoms with E-state index >= 15 is 0 Å². The third-order valence-corrected chi connectivity index (χ3v) is 2.94. The Labute approximate surface area is 101 Å². The van der Waals surface area contributed by atoms with Crippen LogP contribution in [-0.4, -0.2) is 19.9 Å². The molecule has 2 aromatic heterocycles. The molecule has 0 aromatic carbocycles. The summed E-state index contributed by atoms with van der Waals surface area (Å²) in [5, 5.41) is 1.86. The van der Waals surface area contributed by atoms with Gasteiger partial charge in [-0.05, 0) is 24.8 Å². The van der Waals surface area contributed by atoms with Crippen molar-refractivity contribution in [2.24, 2.45) is 0 Å². The Hall–Kier alpha value is -1.40. The van der Waals surface area contributed by atoms with E-state index in [0.29, 0.717) is 5.15 Å². The van der Waals surface area contributed by atoms with Crippen LogP contribution in [-0.2, 0) is 0 Å². The van der Waals surface area contributed by atoms with Crippen LogP contribution in [0.25, 0.3) is 0 Å². The standard InChI is InChI=1S/C9H8ClN5S/c1-5-8(13-4-6(10)14-5)16-7-2-3-12-9(11)15-7/h2-4H,1H3,(H2,11,12,15). The summed E-state index contributed by atoms with van der Waals surface area (Å²) in [6.07, 6.45) is 3.10. The minimum atomic E-state index is 0.240. The van der Waals surface area contributed by atoms with Gasteiger partial charge in [-0.2, -0.15) is 0 Å². The molecule has 0 bridgehead atoms. The average molecular weight is 254 g/mol. The summed E-state index contributed by atoms with van der Waals surface area (Å²) in [5.41, 5.74) is 6.24. The molecule has 0 radical (unpaired) electrons. The minimum Gasteiger partial charge on any atom is -0.368 e. The molecule has 2 heterocycles. The monoisotopic (exact) mass is 253 g/mol. The second-order valence-electron chi connectivity index (χ2n) is 2.94. The van der Waals surface area contributed by atoms with E-state index in [1.54, 1.807) is 12.3 Å². The SMILES string of the molecule is Cc1nc(Cl)cnc1Sc1ccnc(N)n1. The van der Waals surface area contributed by atoms with Gasteiger partial charge in [0.2, 0.25) is 5.95 Å². The number of halogens is 1. The molecule has 0 saturated carbocycles. The van der Waals surface area contributed by atoms with E-state index in [0.717, 1.165) is 15.7 Å². The summed E-state index contributed by atoms with van der Waals surface area (Å²) >= 11 is 7.09. The Morgan fingerprint density at radius 3 is 2.81 bits per heavy atom. The van der Waals surface area contributed by atoms with E-state index in [-0.39, 0.29) is 5.95 Å². The molecule has 0 amide bonds. The maximum atomic E-state index is 5.72. The van der Waals surface area contributed by atoms with E-state index in [2.05, 4.69) is 19.9 Å². The molecule has 16 heavy (non-hydrogen) atoms. The van der Waals surface area contributed by atoms with Gasteiger partial charge in [-0.25, -0.2) is 19.9 Å². The summed E-state index contributed by atoms with van der Waals surface area (Å²) in [6.45, 7) is 1.84. The van der Waals surface area contributed by atoms with Crippen molar-refractivity contribution in [3.63, 3.8) is 0 Å². The highest BCUT2D eigenvalue weighted by atomic mass is 35.5. The Bertz CT molecular complexity index is 519. The number of aromatic nitrogens is 4. The Morgan fingerprint density at radius 1 is 1.31 bits per heavy atom. The van der Waals surface area contributed by atoms with Crippen LogP contribution in [0.1, 0.15) is 5.69 Å². The second-order valence-corrected chi connectivity index (χ2v) is 4.33. The lowest BCUT2D eigenvalue weighted by molar-refractivity contribution is 0.977. The molecule has 0 unspecified atom stereocenters. The van der Waals surface area contributed by atoms with Crippen LogP contribution in [0.4, 0.5) is 5.95 Å². The Kier molecular flexibility index (Phi) is 3.21. The number of anilines is 1. The zero-order valence-electron chi connectivity index (χ0n) is 8.38. The van der Waals surface area contributed by atoms with Gasteiger partial charge in [0, 0.05) is 6.20 Å². The second kappa shape index (κ2) is 4.63. The zero-order chi connectivity index (χ0) is 11.5. The van der Waals surface area contributed by atoms with Gasteiger partial charge >= 0.3 is 0 Å². The van der Waals surface area contributed by atoms with Crippen molar-refractivity contribution in [3.05, 3.63) is 29.3 Å². The average Bonchev–Trinajstić information content (AvgIpc) is 2.22. The highest BCUT2D eigenvalue weighted by molar-refractivity contribution is 7.99. The third-order valence-electron chi connectivity index (χ3n) is 1.72. The molecule has 2 aromatic rings. The lowest BCUT2D eigenvalue weighted by Crippen LogP contribution is -1.95. The van der Waals surface area contributed by atoms with Crippen molar-refractivity contribution in [2.45, 2.75) is 17.0 Å². The highest BCUT2D eigenvalue weighted by Crippen LogP contribution is 2.26. The van der Waals surface area contributed by atoms with Crippen LogP contribution < -0.4 is 5.73 Å². The zero-order valence-corrected chi connectivity index (χ0v) is 9.96. The van der Waals surface area contributed by atoms with Gasteiger partial charge < -0.3 is 5.73 Å². The molecule has 2 rings (SSSR count). The van der Waals surface area contributed by atoms with Gasteiger partial charge in [-0.15, -0.1) is 0 Å². The van der Waals surface area contributed by atoms with Crippen molar-refractivity contribution in [3.8, 4) is 0 Å². The maximum Gasteiger partial charge on any atom is 0.221 e. The topological polar surface area (TPSA) is 77.6 Å². The molecule has 0 spiro atoms. The highest BCUT2D eigenvalue weighted by Gasteiger charge is 2.06. The molecule has 0 aliphatic rings. The fourth-order valence-electron chi connectivity index (χ4n) is 1.05. The van der Waals surface area contributed by atoms with Gasteiger partial charge in [0.1, 0.15) is 15.2 Å². The molecule has 0 saturated heterocycles. The van der Waals surface area contributed by atoms with E-state index < -0.39 is 0 Å². The number of nitrogens with two attached hydrogens (primary N) is 1. The third kappa shape index (κ3) is 2.59. The van der Waals surface area contributed by atoms with Gasteiger partial charge in [0.05, 0.1) is 11.9 Å². The van der Waals surface area contributed by atoms with Crippen molar-refractivity contribution < 1.29 is 0 Å². The van der Waals surface area contributed by atoms with Crippen LogP contribution in [0.5, 0.6) is 0 Å². The van der Waals surface area contributed by atoms with Gasteiger partial charge in [-0.3, -0.25) is 0 Å². The summed E-state index contributed by atoms with van der Waals surface area (Å²) in [6, 6.07) is 1.76. The van der Waals surface area contributed by atoms with E-state index in [4.69, 9.17) is 17.3 Å². The van der Waals surface area contributed by atoms with Gasteiger partial charge in [-0.1, -0.05) is 11.6 Å². The predicted molar refractivity (Wildman–Crippen MR) is 62.3 cm³/mol. The van der Waals surface area contributed by atoms with Crippen molar-refractivity contribution in [2.75, 3.05) is 5.73 Å². The first-order valence-corrected chi connectivity index (χ1v) is 5.60. The number of hydrogen-bond acceptors (Lipinski definition) is 6. The molecule has 5 nitrogen and oxygen atoms in total. The molecular weight excluding hydrogens is 246 g/mol. The fourth-order valence-corrected chi connectivity index (χ4v) is 2.00. The number of aryl methyl sites for hydroxylation is 1. The first-order chi connectivity index (χ1) is 7.65. The normalized spacial score (nSPS) is 10.4. The van der Waals surface area contributed by atoms with Crippen molar-refractivity contribution >= 4 is 29.3 Å². The Morgan fingerprint density at radius 2 is 2.12 bits per heavy atom. The predicted octanol–water partition coefficient (Wildman–Crippen LogP) is 1.96. The van der Waals surface area contributed by atoms with Crippen LogP contribution in [0, 0.1) is 6.92 Å². The molecular formula is C9H8ClN5S. The first kappa shape index (κ1) is 11.1. The Balaban J connectivity index is 2.27. The van der Waals surface area contributed by atoms with Gasteiger partial charge in [0.25, 0.3) is 0 Å². The van der Waals surface area contributed by atoms with Crippen LogP contribution in [0.2, 0.25) is 5.15 Å². The van der Waals surface area contributed by atoms with Crippen LogP contribution in [0.3, 0.4) is 0 Å². The molecule has 0 atom stereocenters. The molecule has 82 valence electrons. The van der Waals surface area contributed by atoms with Crippen LogP contribution >= 0.6 is 23.4 Å². The number of hydrogen-bond donors (Lipinski definition) is 1. The fraction of sp³-hybridized carbons (Fsp3) is 0.111. The molecule has 7 heteroatoms. The summed E-state index contributed by atoms with van der Waals surface area (Å²) in [5.74, 6) is 0.240. The first-order valence-electron chi connectivity index (χ1n) is 4.40. The number of nitrogens with zero attached hydrogens (tertiary/aromatic N) is 4. The lowest BCUT2D eigenvalue weighted by Gasteiger charge is -2.03. The minimum absolute atomic E-state index is 0.240. The molecule has 0 aliphatic heterocycles. The maximum absolute atomic E-state index is 5.72. The van der Waals surface area contributed by atoms with Gasteiger partial charge in [0.15, 0.2) is 0 Å². The van der Waals surface area contributed by atoms with E-state index in [1.807, 2.05) is 6.92 Å². The number of rotatable bonds is 2. The summed E-state index contributed by atoms with van der Waals surface area (Å²) < 4.78 is 0. The molecule has 2 N–H and O–H groups in total. The quantitative estimate of drug-likeness (QED) is 0.825. The van der Waals surface area contributed by atoms with Crippen molar-refractivity contribution in [1.29, 1.82) is 0 Å². The number of nitrogen functional groups attached to an aromatic ring is 1. The summed E-state index contributed by atoms with van der Waals surface area (Å²) in [4.78, 5) is 16.1. The molecule has 0 fully saturated rings. The van der Waals surface area contributed by atoms with Crippen molar-refractivity contribution in [1.82, 2.24) is 19.9 Å². The van der Waals surface area contributed by atoms with E-state index in [9.17, 15) is 0 Å². The summed E-state index contributed by atoms with van der Waals surface area (Å²) in [7, 11) is 0. The molecule has 0 aliphatic carbocycles. The van der Waals surface area contributed by atoms with Crippen LogP contribution in [0.15, 0.2) is 28.5 Å².